The molecule has 7 heteroatoms. The molecule has 1 aromatic heterocycles. The molecule has 4 rings (SSSR count). The number of hydrogen-bond donors (Lipinski definition) is 2. The van der Waals surface area contributed by atoms with E-state index in [0.29, 0.717) is 6.54 Å². The van der Waals surface area contributed by atoms with Crippen molar-refractivity contribution < 1.29 is 9.59 Å². The predicted molar refractivity (Wildman–Crippen MR) is 126 cm³/mol. The lowest BCUT2D eigenvalue weighted by Crippen LogP contribution is -2.45. The van der Waals surface area contributed by atoms with Crippen molar-refractivity contribution in [2.75, 3.05) is 44.2 Å². The van der Waals surface area contributed by atoms with Gasteiger partial charge in [0.25, 0.3) is 11.8 Å². The minimum atomic E-state index is 0.000677. The van der Waals surface area contributed by atoms with Gasteiger partial charge >= 0.3 is 0 Å². The number of carbonyl (C=O) groups is 2. The van der Waals surface area contributed by atoms with E-state index < -0.39 is 0 Å². The molecule has 2 fully saturated rings. The number of piperidine rings is 2. The van der Waals surface area contributed by atoms with Gasteiger partial charge < -0.3 is 20.4 Å². The molecular formula is C24H32N4O2S. The molecule has 2 amide bonds. The van der Waals surface area contributed by atoms with Crippen molar-refractivity contribution in [3.63, 3.8) is 0 Å². The zero-order chi connectivity index (χ0) is 21.5. The fourth-order valence-electron chi connectivity index (χ4n) is 4.48. The number of thiophene rings is 1. The van der Waals surface area contributed by atoms with Gasteiger partial charge in [-0.1, -0.05) is 24.6 Å². The first-order chi connectivity index (χ1) is 15.2. The summed E-state index contributed by atoms with van der Waals surface area (Å²) in [5.41, 5.74) is 1.73. The average molecular weight is 441 g/mol. The monoisotopic (exact) mass is 440 g/mol. The summed E-state index contributed by atoms with van der Waals surface area (Å²) in [6.07, 6.45) is 5.61. The molecule has 0 atom stereocenters. The molecule has 6 nitrogen and oxygen atoms in total. The molecule has 31 heavy (non-hydrogen) atoms. The molecule has 0 saturated carbocycles. The quantitative estimate of drug-likeness (QED) is 0.693. The molecule has 1 aromatic carbocycles. The summed E-state index contributed by atoms with van der Waals surface area (Å²) in [4.78, 5) is 30.7. The van der Waals surface area contributed by atoms with Crippen molar-refractivity contribution >= 4 is 28.8 Å². The third-order valence-electron chi connectivity index (χ3n) is 6.23. The number of rotatable bonds is 7. The van der Waals surface area contributed by atoms with E-state index in [9.17, 15) is 9.59 Å². The summed E-state index contributed by atoms with van der Waals surface area (Å²) in [5, 5.41) is 8.19. The fourth-order valence-corrected chi connectivity index (χ4v) is 5.10. The summed E-state index contributed by atoms with van der Waals surface area (Å²) in [6, 6.07) is 11.8. The molecule has 3 heterocycles. The van der Waals surface area contributed by atoms with Gasteiger partial charge in [-0.25, -0.2) is 0 Å². The Bertz CT molecular complexity index is 856. The molecule has 2 saturated heterocycles. The third-order valence-corrected chi connectivity index (χ3v) is 7.10. The van der Waals surface area contributed by atoms with Gasteiger partial charge in [-0.05, 0) is 62.4 Å². The van der Waals surface area contributed by atoms with Gasteiger partial charge in [0.1, 0.15) is 0 Å². The molecule has 0 spiro atoms. The topological polar surface area (TPSA) is 64.7 Å². The predicted octanol–water partition coefficient (Wildman–Crippen LogP) is 3.36. The maximum atomic E-state index is 12.9. The zero-order valence-corrected chi connectivity index (χ0v) is 18.8. The van der Waals surface area contributed by atoms with Crippen LogP contribution in [0.4, 0.5) is 5.69 Å². The first kappa shape index (κ1) is 21.8. The summed E-state index contributed by atoms with van der Waals surface area (Å²) in [7, 11) is 0. The van der Waals surface area contributed by atoms with Crippen LogP contribution in [-0.4, -0.2) is 62.0 Å². The van der Waals surface area contributed by atoms with E-state index in [1.165, 1.54) is 30.6 Å². The first-order valence-corrected chi connectivity index (χ1v) is 12.3. The normalized spacial score (nSPS) is 18.0. The van der Waals surface area contributed by atoms with Crippen molar-refractivity contribution in [2.24, 2.45) is 0 Å². The first-order valence-electron chi connectivity index (χ1n) is 11.4. The highest BCUT2D eigenvalue weighted by atomic mass is 32.1. The number of anilines is 1. The van der Waals surface area contributed by atoms with Crippen LogP contribution in [0.2, 0.25) is 0 Å². The van der Waals surface area contributed by atoms with E-state index in [-0.39, 0.29) is 17.9 Å². The van der Waals surface area contributed by atoms with Gasteiger partial charge in [0, 0.05) is 37.9 Å². The lowest BCUT2D eigenvalue weighted by atomic mass is 10.0. The van der Waals surface area contributed by atoms with Gasteiger partial charge in [0.15, 0.2) is 0 Å². The molecule has 2 aromatic rings. The molecule has 0 unspecified atom stereocenters. The second kappa shape index (κ2) is 10.8. The molecule has 0 aliphatic carbocycles. The van der Waals surface area contributed by atoms with Crippen LogP contribution in [0, 0.1) is 0 Å². The Hall–Kier alpha value is -2.38. The van der Waals surface area contributed by atoms with Gasteiger partial charge in [-0.3, -0.25) is 9.59 Å². The van der Waals surface area contributed by atoms with Crippen LogP contribution in [0.15, 0.2) is 41.8 Å². The number of likely N-dealkylation sites (tertiary alicyclic amines) is 1. The number of hydrogen-bond acceptors (Lipinski definition) is 5. The third kappa shape index (κ3) is 5.86. The van der Waals surface area contributed by atoms with E-state index in [4.69, 9.17) is 0 Å². The minimum Gasteiger partial charge on any atom is -0.371 e. The lowest BCUT2D eigenvalue weighted by molar-refractivity contribution is 0.0932. The summed E-state index contributed by atoms with van der Waals surface area (Å²) in [6.45, 7) is 5.54. The van der Waals surface area contributed by atoms with Gasteiger partial charge in [0.2, 0.25) is 0 Å². The van der Waals surface area contributed by atoms with Crippen LogP contribution < -0.4 is 15.5 Å². The Balaban J connectivity index is 1.29. The van der Waals surface area contributed by atoms with Gasteiger partial charge in [-0.2, -0.15) is 0 Å². The van der Waals surface area contributed by atoms with Gasteiger partial charge in [-0.15, -0.1) is 11.3 Å². The van der Waals surface area contributed by atoms with Crippen LogP contribution >= 0.6 is 11.3 Å². The van der Waals surface area contributed by atoms with E-state index >= 15 is 0 Å². The lowest BCUT2D eigenvalue weighted by Gasteiger charge is -2.34. The summed E-state index contributed by atoms with van der Waals surface area (Å²) >= 11 is 1.47. The molecule has 0 bridgehead atoms. The number of benzene rings is 1. The highest BCUT2D eigenvalue weighted by molar-refractivity contribution is 7.12. The van der Waals surface area contributed by atoms with Crippen molar-refractivity contribution in [1.29, 1.82) is 0 Å². The van der Waals surface area contributed by atoms with Crippen LogP contribution in [0.1, 0.15) is 52.1 Å². The summed E-state index contributed by atoms with van der Waals surface area (Å²) < 4.78 is 0. The molecule has 2 aliphatic rings. The van der Waals surface area contributed by atoms with Gasteiger partial charge in [0.05, 0.1) is 10.4 Å². The standard InChI is InChI=1S/C24H32N4O2S/c29-23(25-12-17-27-13-4-1-5-14-27)20-7-2-3-8-21(20)28-15-10-19(11-16-28)26-24(30)22-9-6-18-31-22/h2-3,6-9,18-19H,1,4-5,10-17H2,(H,25,29)(H,26,30). The van der Waals surface area contributed by atoms with E-state index in [1.807, 2.05) is 41.8 Å². The van der Waals surface area contributed by atoms with Crippen LogP contribution in [-0.2, 0) is 0 Å². The minimum absolute atomic E-state index is 0.000677. The Labute approximate surface area is 188 Å². The maximum absolute atomic E-state index is 12.9. The smallest absolute Gasteiger partial charge is 0.261 e. The van der Waals surface area contributed by atoms with Crippen LogP contribution in [0.3, 0.4) is 0 Å². The fraction of sp³-hybridized carbons (Fsp3) is 0.500. The molecule has 0 radical (unpaired) electrons. The summed E-state index contributed by atoms with van der Waals surface area (Å²) in [5.74, 6) is 0.0164. The number of amides is 2. The van der Waals surface area contributed by atoms with Crippen molar-refractivity contribution in [2.45, 2.75) is 38.1 Å². The second-order valence-electron chi connectivity index (χ2n) is 8.39. The Kier molecular flexibility index (Phi) is 7.59. The van der Waals surface area contributed by atoms with Crippen molar-refractivity contribution in [3.8, 4) is 0 Å². The second-order valence-corrected chi connectivity index (χ2v) is 9.34. The maximum Gasteiger partial charge on any atom is 0.261 e. The number of carbonyl (C=O) groups excluding carboxylic acids is 2. The highest BCUT2D eigenvalue weighted by Crippen LogP contribution is 2.24. The highest BCUT2D eigenvalue weighted by Gasteiger charge is 2.24. The number of nitrogens with one attached hydrogen (secondary N) is 2. The van der Waals surface area contributed by atoms with Crippen LogP contribution in [0.5, 0.6) is 0 Å². The largest absolute Gasteiger partial charge is 0.371 e. The Morgan fingerprint density at radius 3 is 2.45 bits per heavy atom. The van der Waals surface area contributed by atoms with Crippen molar-refractivity contribution in [1.82, 2.24) is 15.5 Å². The van der Waals surface area contributed by atoms with E-state index in [0.717, 1.165) is 61.7 Å². The average Bonchev–Trinajstić information content (AvgIpc) is 3.36. The number of nitrogens with zero attached hydrogens (tertiary/aromatic N) is 2. The zero-order valence-electron chi connectivity index (χ0n) is 18.0. The Morgan fingerprint density at radius 2 is 1.71 bits per heavy atom. The van der Waals surface area contributed by atoms with E-state index in [2.05, 4.69) is 20.4 Å². The van der Waals surface area contributed by atoms with Crippen molar-refractivity contribution in [3.05, 3.63) is 52.2 Å². The van der Waals surface area contributed by atoms with Crippen LogP contribution in [0.25, 0.3) is 0 Å². The van der Waals surface area contributed by atoms with E-state index in [1.54, 1.807) is 0 Å². The molecular weight excluding hydrogens is 408 g/mol. The Morgan fingerprint density at radius 1 is 0.935 bits per heavy atom. The SMILES string of the molecule is O=C(NC1CCN(c2ccccc2C(=O)NCCN2CCCCC2)CC1)c1cccs1. The molecule has 2 aliphatic heterocycles. The molecule has 166 valence electrons. The number of para-hydroxylation sites is 1. The molecule has 2 N–H and O–H groups in total.